The van der Waals surface area contributed by atoms with Crippen LogP contribution in [-0.2, 0) is 6.54 Å². The van der Waals surface area contributed by atoms with Crippen LogP contribution in [0.5, 0.6) is 17.2 Å². The van der Waals surface area contributed by atoms with Crippen LogP contribution in [0.15, 0.2) is 54.6 Å². The van der Waals surface area contributed by atoms with Crippen LogP contribution in [0.25, 0.3) is 11.3 Å². The summed E-state index contributed by atoms with van der Waals surface area (Å²) < 4.78 is 25.3. The summed E-state index contributed by atoms with van der Waals surface area (Å²) in [7, 11) is 1.59. The Morgan fingerprint density at radius 1 is 1.07 bits per heavy atom. The molecule has 2 heterocycles. The number of hydrogen-bond acceptors (Lipinski definition) is 5. The highest BCUT2D eigenvalue weighted by atomic mass is 19.1. The maximum absolute atomic E-state index is 13.8. The van der Waals surface area contributed by atoms with E-state index in [1.807, 2.05) is 38.1 Å². The van der Waals surface area contributed by atoms with E-state index < -0.39 is 6.04 Å². The molecule has 1 unspecified atom stereocenters. The summed E-state index contributed by atoms with van der Waals surface area (Å²) in [5.41, 5.74) is 5.48. The van der Waals surface area contributed by atoms with Crippen molar-refractivity contribution in [3.8, 4) is 28.5 Å². The molecule has 1 atom stereocenters. The molecule has 40 heavy (non-hydrogen) atoms. The molecule has 5 rings (SSSR count). The number of aromatic hydroxyl groups is 1. The number of nitrogens with zero attached hydrogens (tertiary/aromatic N) is 2. The number of aryl methyl sites for hydroxylation is 2. The highest BCUT2D eigenvalue weighted by Gasteiger charge is 2.43. The molecular formula is C32H34FN3O4. The molecule has 8 heteroatoms. The molecule has 208 valence electrons. The van der Waals surface area contributed by atoms with Gasteiger partial charge in [-0.05, 0) is 78.8 Å². The van der Waals surface area contributed by atoms with E-state index >= 15 is 0 Å². The van der Waals surface area contributed by atoms with E-state index in [9.17, 15) is 14.3 Å². The Bertz CT molecular complexity index is 1520. The Morgan fingerprint density at radius 2 is 1.82 bits per heavy atom. The first-order valence-electron chi connectivity index (χ1n) is 13.4. The number of amides is 1. The van der Waals surface area contributed by atoms with Gasteiger partial charge in [0.2, 0.25) is 0 Å². The Morgan fingerprint density at radius 3 is 2.50 bits per heavy atom. The standard InChI is InChI=1S/C32H34FN3O4/c1-18(2)12-13-40-25-11-8-22(16-26(25)39-5)31-28-29(27-20(4)14-19(3)15-24(27)37)34-35-30(28)32(38)36(31)17-21-6-9-23(33)10-7-21/h6-11,14-16,18,31,37H,12-13,17H2,1-5H3,(H,34,35). The van der Waals surface area contributed by atoms with Gasteiger partial charge in [0.05, 0.1) is 19.8 Å². The summed E-state index contributed by atoms with van der Waals surface area (Å²) in [4.78, 5) is 15.5. The van der Waals surface area contributed by atoms with Gasteiger partial charge in [-0.1, -0.05) is 38.1 Å². The first-order chi connectivity index (χ1) is 19.2. The third kappa shape index (κ3) is 5.13. The number of H-pyrrole nitrogens is 1. The SMILES string of the molecule is COc1cc(C2c3c(-c4c(C)cc(C)cc4O)n[nH]c3C(=O)N2Cc2ccc(F)cc2)ccc1OCCC(C)C. The van der Waals surface area contributed by atoms with Crippen molar-refractivity contribution in [3.05, 3.63) is 93.9 Å². The van der Waals surface area contributed by atoms with E-state index in [1.54, 1.807) is 30.2 Å². The Balaban J connectivity index is 1.62. The summed E-state index contributed by atoms with van der Waals surface area (Å²) in [6.07, 6.45) is 0.911. The molecule has 3 aromatic carbocycles. The number of hydrogen-bond donors (Lipinski definition) is 2. The first-order valence-corrected chi connectivity index (χ1v) is 13.4. The number of aromatic nitrogens is 2. The van der Waals surface area contributed by atoms with E-state index in [2.05, 4.69) is 24.0 Å². The summed E-state index contributed by atoms with van der Waals surface area (Å²) in [5.74, 6) is 1.22. The Hall–Kier alpha value is -4.33. The summed E-state index contributed by atoms with van der Waals surface area (Å²) >= 11 is 0. The minimum absolute atomic E-state index is 0.0986. The number of halogens is 1. The van der Waals surface area contributed by atoms with Crippen LogP contribution in [0.3, 0.4) is 0 Å². The minimum atomic E-state index is -0.542. The quantitative estimate of drug-likeness (QED) is 0.245. The van der Waals surface area contributed by atoms with Crippen LogP contribution in [0, 0.1) is 25.6 Å². The molecule has 0 saturated heterocycles. The van der Waals surface area contributed by atoms with Gasteiger partial charge in [0.1, 0.15) is 23.0 Å². The van der Waals surface area contributed by atoms with E-state index in [4.69, 9.17) is 9.47 Å². The van der Waals surface area contributed by atoms with Crippen molar-refractivity contribution in [3.63, 3.8) is 0 Å². The van der Waals surface area contributed by atoms with Gasteiger partial charge in [-0.3, -0.25) is 9.89 Å². The third-order valence-corrected chi connectivity index (χ3v) is 7.28. The molecule has 0 bridgehead atoms. The van der Waals surface area contributed by atoms with Crippen molar-refractivity contribution < 1.29 is 23.8 Å². The van der Waals surface area contributed by atoms with Crippen LogP contribution >= 0.6 is 0 Å². The van der Waals surface area contributed by atoms with Crippen LogP contribution in [0.4, 0.5) is 4.39 Å². The third-order valence-electron chi connectivity index (χ3n) is 7.28. The van der Waals surface area contributed by atoms with Crippen LogP contribution in [0.1, 0.15) is 64.6 Å². The number of benzene rings is 3. The van der Waals surface area contributed by atoms with Crippen molar-refractivity contribution in [2.75, 3.05) is 13.7 Å². The number of phenolic OH excluding ortho intramolecular Hbond substituents is 1. The number of carbonyl (C=O) groups excluding carboxylic acids is 1. The lowest BCUT2D eigenvalue weighted by atomic mass is 9.93. The van der Waals surface area contributed by atoms with Gasteiger partial charge in [0.15, 0.2) is 11.5 Å². The molecule has 0 aliphatic carbocycles. The number of nitrogens with one attached hydrogen (secondary N) is 1. The maximum atomic E-state index is 13.8. The zero-order chi connectivity index (χ0) is 28.6. The molecule has 2 N–H and O–H groups in total. The summed E-state index contributed by atoms with van der Waals surface area (Å²) in [6, 6.07) is 14.9. The maximum Gasteiger partial charge on any atom is 0.273 e. The van der Waals surface area contributed by atoms with E-state index in [1.165, 1.54) is 12.1 Å². The second-order valence-electron chi connectivity index (χ2n) is 10.7. The number of fused-ring (bicyclic) bond motifs is 1. The largest absolute Gasteiger partial charge is 0.507 e. The van der Waals surface area contributed by atoms with Gasteiger partial charge < -0.3 is 19.5 Å². The fourth-order valence-corrected chi connectivity index (χ4v) is 5.31. The lowest BCUT2D eigenvalue weighted by molar-refractivity contribution is 0.0730. The van der Waals surface area contributed by atoms with Crippen LogP contribution < -0.4 is 9.47 Å². The molecule has 1 aliphatic heterocycles. The zero-order valence-electron chi connectivity index (χ0n) is 23.4. The molecule has 0 saturated carbocycles. The fourth-order valence-electron chi connectivity index (χ4n) is 5.31. The molecule has 0 fully saturated rings. The zero-order valence-corrected chi connectivity index (χ0v) is 23.4. The van der Waals surface area contributed by atoms with Crippen molar-refractivity contribution in [1.29, 1.82) is 0 Å². The van der Waals surface area contributed by atoms with Gasteiger partial charge in [0, 0.05) is 17.7 Å². The van der Waals surface area contributed by atoms with E-state index in [0.717, 1.165) is 28.7 Å². The average molecular weight is 544 g/mol. The molecule has 0 radical (unpaired) electrons. The Kier molecular flexibility index (Phi) is 7.52. The van der Waals surface area contributed by atoms with Gasteiger partial charge in [-0.15, -0.1) is 0 Å². The highest BCUT2D eigenvalue weighted by molar-refractivity contribution is 6.00. The van der Waals surface area contributed by atoms with Crippen LogP contribution in [-0.4, -0.2) is 39.8 Å². The van der Waals surface area contributed by atoms with Crippen LogP contribution in [0.2, 0.25) is 0 Å². The summed E-state index contributed by atoms with van der Waals surface area (Å²) in [5, 5.41) is 18.4. The van der Waals surface area contributed by atoms with Crippen molar-refractivity contribution >= 4 is 5.91 Å². The first kappa shape index (κ1) is 27.2. The van der Waals surface area contributed by atoms with Crippen molar-refractivity contribution in [2.45, 2.75) is 46.7 Å². The van der Waals surface area contributed by atoms with E-state index in [0.29, 0.717) is 46.5 Å². The smallest absolute Gasteiger partial charge is 0.273 e. The normalized spacial score (nSPS) is 14.6. The molecule has 1 amide bonds. The van der Waals surface area contributed by atoms with E-state index in [-0.39, 0.29) is 24.0 Å². The molecular weight excluding hydrogens is 509 g/mol. The molecule has 1 aromatic heterocycles. The monoisotopic (exact) mass is 543 g/mol. The van der Waals surface area contributed by atoms with Crippen molar-refractivity contribution in [2.24, 2.45) is 5.92 Å². The number of methoxy groups -OCH3 is 1. The highest BCUT2D eigenvalue weighted by Crippen LogP contribution is 2.47. The number of ether oxygens (including phenoxy) is 2. The second kappa shape index (κ2) is 11.0. The predicted octanol–water partition coefficient (Wildman–Crippen LogP) is 6.72. The van der Waals surface area contributed by atoms with Gasteiger partial charge >= 0.3 is 0 Å². The molecule has 7 nitrogen and oxygen atoms in total. The second-order valence-corrected chi connectivity index (χ2v) is 10.7. The lowest BCUT2D eigenvalue weighted by Gasteiger charge is -2.27. The molecule has 1 aliphatic rings. The fraction of sp³-hybridized carbons (Fsp3) is 0.312. The lowest BCUT2D eigenvalue weighted by Crippen LogP contribution is -2.29. The number of phenols is 1. The summed E-state index contributed by atoms with van der Waals surface area (Å²) in [6.45, 7) is 8.93. The predicted molar refractivity (Wildman–Crippen MR) is 151 cm³/mol. The number of aromatic amines is 1. The van der Waals surface area contributed by atoms with Gasteiger partial charge in [0.25, 0.3) is 5.91 Å². The molecule has 0 spiro atoms. The number of carbonyl (C=O) groups is 1. The Labute approximate surface area is 233 Å². The van der Waals surface area contributed by atoms with Gasteiger partial charge in [-0.2, -0.15) is 5.10 Å². The van der Waals surface area contributed by atoms with Crippen molar-refractivity contribution in [1.82, 2.24) is 15.1 Å². The average Bonchev–Trinajstić information content (AvgIpc) is 3.43. The number of rotatable bonds is 9. The molecule has 4 aromatic rings. The van der Waals surface area contributed by atoms with Gasteiger partial charge in [-0.25, -0.2) is 4.39 Å². The topological polar surface area (TPSA) is 87.7 Å². The minimum Gasteiger partial charge on any atom is -0.507 e.